The lowest BCUT2D eigenvalue weighted by atomic mass is 10.2. The maximum absolute atomic E-state index is 12.2. The van der Waals surface area contributed by atoms with Gasteiger partial charge < -0.3 is 15.4 Å². The summed E-state index contributed by atoms with van der Waals surface area (Å²) in [6, 6.07) is 6.41. The summed E-state index contributed by atoms with van der Waals surface area (Å²) in [6.45, 7) is 2.04. The smallest absolute Gasteiger partial charge is 0.338 e. The molecule has 148 valence electrons. The van der Waals surface area contributed by atoms with Crippen molar-refractivity contribution in [2.75, 3.05) is 11.9 Å². The molecule has 1 aliphatic carbocycles. The Kier molecular flexibility index (Phi) is 6.80. The molecule has 9 heteroatoms. The number of rotatable bonds is 6. The standard InChI is InChI=1S/C19H22N4O4S/c1-2-27-18(26)12-7-9-13(10-8-12)20-16(24)11-15-17(25)21-19(28-15)23-22-14-5-3-4-6-14/h7-10,15H,2-6,11H2,1H3,(H,20,24)(H,21,23,25)/t15-/m0/s1. The van der Waals surface area contributed by atoms with Crippen LogP contribution in [0.15, 0.2) is 34.5 Å². The Morgan fingerprint density at radius 3 is 2.61 bits per heavy atom. The molecule has 8 nitrogen and oxygen atoms in total. The molecule has 1 aliphatic heterocycles. The number of carbonyl (C=O) groups excluding carboxylic acids is 3. The quantitative estimate of drug-likeness (QED) is 0.562. The molecule has 1 saturated carbocycles. The molecule has 28 heavy (non-hydrogen) atoms. The summed E-state index contributed by atoms with van der Waals surface area (Å²) in [6.07, 6.45) is 4.19. The Hall–Kier alpha value is -2.68. The van der Waals surface area contributed by atoms with Crippen molar-refractivity contribution < 1.29 is 19.1 Å². The van der Waals surface area contributed by atoms with Crippen LogP contribution < -0.4 is 10.6 Å². The highest BCUT2D eigenvalue weighted by Gasteiger charge is 2.32. The highest BCUT2D eigenvalue weighted by molar-refractivity contribution is 8.15. The average Bonchev–Trinajstić information content (AvgIpc) is 3.31. The Labute approximate surface area is 167 Å². The third-order valence-corrected chi connectivity index (χ3v) is 5.36. The molecule has 2 fully saturated rings. The number of hydrogen-bond donors (Lipinski definition) is 2. The second-order valence-electron chi connectivity index (χ2n) is 6.42. The fourth-order valence-corrected chi connectivity index (χ4v) is 3.79. The van der Waals surface area contributed by atoms with E-state index in [9.17, 15) is 14.4 Å². The van der Waals surface area contributed by atoms with Gasteiger partial charge in [0.05, 0.1) is 12.2 Å². The van der Waals surface area contributed by atoms with Crippen molar-refractivity contribution in [1.82, 2.24) is 5.32 Å². The second kappa shape index (κ2) is 9.50. The van der Waals surface area contributed by atoms with Crippen molar-refractivity contribution in [1.29, 1.82) is 0 Å². The summed E-state index contributed by atoms with van der Waals surface area (Å²) in [5.41, 5.74) is 2.01. The van der Waals surface area contributed by atoms with E-state index in [0.29, 0.717) is 23.0 Å². The van der Waals surface area contributed by atoms with Crippen LogP contribution in [-0.2, 0) is 14.3 Å². The lowest BCUT2D eigenvalue weighted by molar-refractivity contribution is -0.122. The summed E-state index contributed by atoms with van der Waals surface area (Å²) in [5, 5.41) is 13.6. The molecule has 0 aromatic heterocycles. The minimum atomic E-state index is -0.540. The van der Waals surface area contributed by atoms with Crippen molar-refractivity contribution in [3.05, 3.63) is 29.8 Å². The summed E-state index contributed by atoms with van der Waals surface area (Å²) >= 11 is 1.21. The maximum atomic E-state index is 12.2. The molecule has 1 atom stereocenters. The molecule has 2 N–H and O–H groups in total. The van der Waals surface area contributed by atoms with Crippen LogP contribution in [0.5, 0.6) is 0 Å². The largest absolute Gasteiger partial charge is 0.462 e. The molecule has 1 heterocycles. The van der Waals surface area contributed by atoms with E-state index in [2.05, 4.69) is 20.8 Å². The fraction of sp³-hybridized carbons (Fsp3) is 0.421. The van der Waals surface area contributed by atoms with Gasteiger partial charge in [0.25, 0.3) is 0 Å². The third-order valence-electron chi connectivity index (χ3n) is 4.29. The van der Waals surface area contributed by atoms with Gasteiger partial charge in [0, 0.05) is 17.8 Å². The van der Waals surface area contributed by atoms with Crippen LogP contribution in [0.1, 0.15) is 49.4 Å². The maximum Gasteiger partial charge on any atom is 0.338 e. The van der Waals surface area contributed by atoms with E-state index in [4.69, 9.17) is 4.74 Å². The molecule has 1 aromatic carbocycles. The molecular formula is C19H22N4O4S. The van der Waals surface area contributed by atoms with Crippen molar-refractivity contribution in [3.8, 4) is 0 Å². The van der Waals surface area contributed by atoms with Gasteiger partial charge in [0.1, 0.15) is 5.25 Å². The van der Waals surface area contributed by atoms with E-state index in [1.807, 2.05) is 0 Å². The van der Waals surface area contributed by atoms with Gasteiger partial charge in [-0.1, -0.05) is 11.8 Å². The highest BCUT2D eigenvalue weighted by Crippen LogP contribution is 2.24. The normalized spacial score (nSPS) is 20.2. The van der Waals surface area contributed by atoms with Crippen LogP contribution in [0, 0.1) is 0 Å². The predicted octanol–water partition coefficient (Wildman–Crippen LogP) is 2.71. The van der Waals surface area contributed by atoms with Crippen LogP contribution in [0.4, 0.5) is 5.69 Å². The van der Waals surface area contributed by atoms with E-state index in [0.717, 1.165) is 31.4 Å². The third kappa shape index (κ3) is 5.41. The summed E-state index contributed by atoms with van der Waals surface area (Å²) in [4.78, 5) is 35.9. The monoisotopic (exact) mass is 402 g/mol. The summed E-state index contributed by atoms with van der Waals surface area (Å²) < 4.78 is 4.92. The van der Waals surface area contributed by atoms with Crippen molar-refractivity contribution in [2.24, 2.45) is 10.2 Å². The van der Waals surface area contributed by atoms with E-state index in [-0.39, 0.29) is 18.2 Å². The topological polar surface area (TPSA) is 109 Å². The minimum absolute atomic E-state index is 0.0196. The number of esters is 1. The molecule has 1 aromatic rings. The SMILES string of the molecule is CCOC(=O)c1ccc(NC(=O)C[C@@H]2S/C(=N/N=C3CCCC3)NC2=O)cc1. The first-order valence-electron chi connectivity index (χ1n) is 9.23. The molecule has 0 spiro atoms. The van der Waals surface area contributed by atoms with Crippen LogP contribution in [0.2, 0.25) is 0 Å². The van der Waals surface area contributed by atoms with Gasteiger partial charge in [-0.15, -0.1) is 5.10 Å². The molecule has 0 bridgehead atoms. The molecule has 0 radical (unpaired) electrons. The molecular weight excluding hydrogens is 380 g/mol. The number of carbonyl (C=O) groups is 3. The van der Waals surface area contributed by atoms with E-state index >= 15 is 0 Å². The average molecular weight is 402 g/mol. The molecule has 2 amide bonds. The zero-order valence-electron chi connectivity index (χ0n) is 15.6. The van der Waals surface area contributed by atoms with Gasteiger partial charge in [-0.05, 0) is 56.9 Å². The Morgan fingerprint density at radius 2 is 1.93 bits per heavy atom. The van der Waals surface area contributed by atoms with Crippen molar-refractivity contribution in [3.63, 3.8) is 0 Å². The predicted molar refractivity (Wildman–Crippen MR) is 109 cm³/mol. The van der Waals surface area contributed by atoms with Crippen LogP contribution in [0.3, 0.4) is 0 Å². The number of nitrogens with one attached hydrogen (secondary N) is 2. The van der Waals surface area contributed by atoms with Crippen LogP contribution >= 0.6 is 11.8 Å². The number of hydrogen-bond acceptors (Lipinski definition) is 7. The van der Waals surface area contributed by atoms with E-state index in [1.165, 1.54) is 11.8 Å². The molecule has 1 saturated heterocycles. The van der Waals surface area contributed by atoms with Crippen molar-refractivity contribution in [2.45, 2.75) is 44.3 Å². The van der Waals surface area contributed by atoms with Gasteiger partial charge >= 0.3 is 5.97 Å². The summed E-state index contributed by atoms with van der Waals surface area (Å²) in [7, 11) is 0. The number of nitrogens with zero attached hydrogens (tertiary/aromatic N) is 2. The zero-order chi connectivity index (χ0) is 19.9. The number of amides is 2. The van der Waals surface area contributed by atoms with Crippen molar-refractivity contribution >= 4 is 46.1 Å². The highest BCUT2D eigenvalue weighted by atomic mass is 32.2. The lowest BCUT2D eigenvalue weighted by Gasteiger charge is -2.08. The minimum Gasteiger partial charge on any atom is -0.462 e. The van der Waals surface area contributed by atoms with Gasteiger partial charge in [0.15, 0.2) is 5.17 Å². The van der Waals surface area contributed by atoms with Crippen LogP contribution in [-0.4, -0.2) is 40.5 Å². The van der Waals surface area contributed by atoms with E-state index in [1.54, 1.807) is 31.2 Å². The molecule has 0 unspecified atom stereocenters. The van der Waals surface area contributed by atoms with E-state index < -0.39 is 11.2 Å². The van der Waals surface area contributed by atoms with Gasteiger partial charge in [-0.25, -0.2) is 4.79 Å². The second-order valence-corrected chi connectivity index (χ2v) is 7.62. The van der Waals surface area contributed by atoms with Gasteiger partial charge in [-0.3, -0.25) is 9.59 Å². The Balaban J connectivity index is 1.51. The zero-order valence-corrected chi connectivity index (χ0v) is 16.4. The first-order chi connectivity index (χ1) is 13.5. The Bertz CT molecular complexity index is 812. The van der Waals surface area contributed by atoms with Gasteiger partial charge in [0.2, 0.25) is 11.8 Å². The number of thioether (sulfide) groups is 1. The van der Waals surface area contributed by atoms with Crippen LogP contribution in [0.25, 0.3) is 0 Å². The molecule has 2 aliphatic rings. The number of amidine groups is 1. The number of anilines is 1. The summed E-state index contributed by atoms with van der Waals surface area (Å²) in [5.74, 6) is -0.949. The molecule has 3 rings (SSSR count). The number of benzene rings is 1. The first kappa shape index (κ1) is 20.1. The first-order valence-corrected chi connectivity index (χ1v) is 10.1. The lowest BCUT2D eigenvalue weighted by Crippen LogP contribution is -2.28. The number of ether oxygens (including phenoxy) is 1. The van der Waals surface area contributed by atoms with Gasteiger partial charge in [-0.2, -0.15) is 5.10 Å². The fourth-order valence-electron chi connectivity index (χ4n) is 2.87. The Morgan fingerprint density at radius 1 is 1.21 bits per heavy atom.